The van der Waals surface area contributed by atoms with E-state index in [1.807, 2.05) is 111 Å². The van der Waals surface area contributed by atoms with Crippen molar-refractivity contribution in [1.82, 2.24) is 0 Å². The Morgan fingerprint density at radius 1 is 0.422 bits per heavy atom. The van der Waals surface area contributed by atoms with Crippen LogP contribution >= 0.6 is 0 Å². The van der Waals surface area contributed by atoms with Crippen LogP contribution in [0.1, 0.15) is 85.8 Å². The molecule has 2 saturated heterocycles. The summed E-state index contributed by atoms with van der Waals surface area (Å²) in [6.07, 6.45) is 7.75. The first-order valence-electron chi connectivity index (χ1n) is 35.1. The highest BCUT2D eigenvalue weighted by Gasteiger charge is 2.40. The maximum atomic E-state index is 12.8. The molecule has 0 spiro atoms. The van der Waals surface area contributed by atoms with E-state index in [9.17, 15) is 19.2 Å². The Hall–Kier alpha value is -10.1. The Morgan fingerprint density at radius 2 is 0.765 bits per heavy atom. The molecule has 8 aromatic carbocycles. The zero-order valence-electron chi connectivity index (χ0n) is 58.3. The van der Waals surface area contributed by atoms with Gasteiger partial charge in [0.1, 0.15) is 73.1 Å². The Labute approximate surface area is 594 Å². The van der Waals surface area contributed by atoms with Gasteiger partial charge >= 0.3 is 23.9 Å². The predicted octanol–water partition coefficient (Wildman–Crippen LogP) is 13.2. The van der Waals surface area contributed by atoms with Gasteiger partial charge in [-0.1, -0.05) is 111 Å². The number of morpholine rings is 2. The van der Waals surface area contributed by atoms with E-state index < -0.39 is 47.3 Å². The second-order valence-electron chi connectivity index (χ2n) is 25.1. The summed E-state index contributed by atoms with van der Waals surface area (Å²) in [6.45, 7) is 10.3. The highest BCUT2D eigenvalue weighted by Crippen LogP contribution is 2.49. The fourth-order valence-corrected chi connectivity index (χ4v) is 13.1. The van der Waals surface area contributed by atoms with Crippen LogP contribution in [0.25, 0.3) is 33.7 Å². The summed E-state index contributed by atoms with van der Waals surface area (Å²) in [4.78, 5) is 55.6. The minimum absolute atomic E-state index is 0.0202. The summed E-state index contributed by atoms with van der Waals surface area (Å²) in [5, 5.41) is 4.54. The van der Waals surface area contributed by atoms with Crippen molar-refractivity contribution in [1.29, 1.82) is 0 Å². The van der Waals surface area contributed by atoms with Gasteiger partial charge in [0.2, 0.25) is 0 Å². The summed E-state index contributed by atoms with van der Waals surface area (Å²) >= 11 is 0. The number of carbonyl (C=O) groups is 4. The molecule has 534 valence electrons. The number of ether oxygens (including phenoxy) is 14. The number of rotatable bonds is 33. The Bertz CT molecular complexity index is 3940. The largest absolute Gasteiger partial charge is 0.497 e. The molecule has 4 heterocycles. The Kier molecular flexibility index (Phi) is 24.2. The summed E-state index contributed by atoms with van der Waals surface area (Å²) in [7, 11) is 3.29. The number of nitrogens with zero attached hydrogens (tertiary/aromatic N) is 2. The van der Waals surface area contributed by atoms with Crippen molar-refractivity contribution >= 4 is 68.9 Å². The summed E-state index contributed by atoms with van der Waals surface area (Å²) in [5.41, 5.74) is 5.86. The lowest BCUT2D eigenvalue weighted by Crippen LogP contribution is -2.37. The van der Waals surface area contributed by atoms with Crippen LogP contribution in [0.4, 0.5) is 11.4 Å². The van der Waals surface area contributed by atoms with E-state index in [4.69, 9.17) is 66.3 Å². The first-order chi connectivity index (χ1) is 50.0. The van der Waals surface area contributed by atoms with Crippen LogP contribution in [0.5, 0.6) is 34.5 Å². The average Bonchev–Trinajstić information content (AvgIpc) is 0.739. The predicted molar refractivity (Wildman–Crippen MR) is 387 cm³/mol. The van der Waals surface area contributed by atoms with E-state index in [0.717, 1.165) is 115 Å². The molecule has 4 aliphatic rings. The van der Waals surface area contributed by atoms with Gasteiger partial charge in [-0.15, -0.1) is 0 Å². The van der Waals surface area contributed by atoms with Crippen LogP contribution in [0, 0.1) is 0 Å². The quantitative estimate of drug-likeness (QED) is 0.0213. The SMILES string of the molecule is CCC(COCCOCC(CC)OC(=O)CCC(=O)OCCOc1ccc(C2(c3ccc(OC)cc3)C=Cc3c(cc(N4CCOCC4)c4ccccc34)O2)cc1)OC(=O)CCC(=O)OCCOc1ccc(C2(c3ccc(OC)cc3)C=Cc3c(cc(N4CCOCC4)c4ccccc34)O2)cc1. The number of hydrogen-bond acceptors (Lipinski definition) is 20. The standard InChI is InChI=1S/C82H88N2O18/c1-5-61(99-79(87)33-31-77(85)97-51-49-95-65-27-19-59(20-28-65)81(57-15-23-63(89-3)24-16-57)37-35-71-67-11-7-9-13-69(67)73(53-75(71)101-81)83-39-43-91-44-40-83)55-93-47-48-94-56-62(6-2)100-80(88)34-32-78(86)98-52-50-96-66-29-21-60(22-30-66)82(58-17-25-64(90-4)26-18-58)38-36-72-68-12-8-10-14-70(68)74(54-76(72)102-82)84-41-45-92-46-42-84/h7-30,35-38,53-54,61-62H,5-6,31-34,39-52,55-56H2,1-4H3. The molecule has 0 radical (unpaired) electrons. The number of hydrogen-bond donors (Lipinski definition) is 0. The van der Waals surface area contributed by atoms with Crippen molar-refractivity contribution in [3.63, 3.8) is 0 Å². The van der Waals surface area contributed by atoms with Crippen LogP contribution in [-0.2, 0) is 68.3 Å². The molecule has 20 heteroatoms. The van der Waals surface area contributed by atoms with Gasteiger partial charge in [0.05, 0.1) is 92.8 Å². The molecule has 0 saturated carbocycles. The first-order valence-corrected chi connectivity index (χ1v) is 35.1. The third kappa shape index (κ3) is 17.3. The van der Waals surface area contributed by atoms with Crippen molar-refractivity contribution in [2.45, 2.75) is 75.8 Å². The highest BCUT2D eigenvalue weighted by molar-refractivity contribution is 6.03. The van der Waals surface area contributed by atoms with Crippen molar-refractivity contribution < 1.29 is 85.5 Å². The number of benzene rings is 8. The van der Waals surface area contributed by atoms with E-state index in [-0.39, 0.29) is 78.5 Å². The van der Waals surface area contributed by atoms with Crippen LogP contribution in [0.3, 0.4) is 0 Å². The number of fused-ring (bicyclic) bond motifs is 6. The molecule has 0 aromatic heterocycles. The van der Waals surface area contributed by atoms with E-state index >= 15 is 0 Å². The maximum Gasteiger partial charge on any atom is 0.306 e. The van der Waals surface area contributed by atoms with Gasteiger partial charge < -0.3 is 76.1 Å². The van der Waals surface area contributed by atoms with E-state index in [2.05, 4.69) is 94.8 Å². The fraction of sp³-hybridized carbons (Fsp3) is 0.366. The molecule has 2 fully saturated rings. The number of carbonyl (C=O) groups excluding carboxylic acids is 4. The number of esters is 4. The van der Waals surface area contributed by atoms with Gasteiger partial charge in [0.25, 0.3) is 0 Å². The van der Waals surface area contributed by atoms with Crippen LogP contribution in [0.15, 0.2) is 170 Å². The minimum Gasteiger partial charge on any atom is -0.497 e. The van der Waals surface area contributed by atoms with Crippen molar-refractivity contribution in [2.75, 3.05) is 129 Å². The molecule has 8 aromatic rings. The number of anilines is 2. The first kappa shape index (κ1) is 71.7. The maximum absolute atomic E-state index is 12.8. The molecule has 4 unspecified atom stereocenters. The topological polar surface area (TPSA) is 204 Å². The van der Waals surface area contributed by atoms with Crippen LogP contribution < -0.4 is 38.2 Å². The molecule has 0 aliphatic carbocycles. The lowest BCUT2D eigenvalue weighted by atomic mass is 9.83. The second kappa shape index (κ2) is 34.5. The minimum atomic E-state index is -0.983. The third-order valence-corrected chi connectivity index (χ3v) is 18.7. The van der Waals surface area contributed by atoms with E-state index in [1.165, 1.54) is 0 Å². The molecular formula is C82H88N2O18. The molecule has 4 atom stereocenters. The van der Waals surface area contributed by atoms with Gasteiger partial charge in [-0.25, -0.2) is 0 Å². The van der Waals surface area contributed by atoms with Crippen molar-refractivity contribution in [2.24, 2.45) is 0 Å². The molecule has 0 bridgehead atoms. The van der Waals surface area contributed by atoms with Crippen molar-refractivity contribution in [3.05, 3.63) is 203 Å². The van der Waals surface area contributed by atoms with Crippen LogP contribution in [0.2, 0.25) is 0 Å². The average molecular weight is 1390 g/mol. The monoisotopic (exact) mass is 1390 g/mol. The second-order valence-corrected chi connectivity index (χ2v) is 25.1. The molecule has 0 N–H and O–H groups in total. The number of methoxy groups -OCH3 is 2. The normalized spacial score (nSPS) is 17.5. The van der Waals surface area contributed by atoms with E-state index in [0.29, 0.717) is 50.8 Å². The van der Waals surface area contributed by atoms with Gasteiger partial charge in [-0.05, 0) is 96.4 Å². The van der Waals surface area contributed by atoms with Gasteiger partial charge in [-0.3, -0.25) is 19.2 Å². The Morgan fingerprint density at radius 3 is 1.12 bits per heavy atom. The summed E-state index contributed by atoms with van der Waals surface area (Å²) < 4.78 is 82.3. The molecule has 12 rings (SSSR count). The van der Waals surface area contributed by atoms with E-state index in [1.54, 1.807) is 14.2 Å². The smallest absolute Gasteiger partial charge is 0.306 e. The third-order valence-electron chi connectivity index (χ3n) is 18.7. The Balaban J connectivity index is 0.520. The van der Waals surface area contributed by atoms with Crippen LogP contribution in [-0.4, -0.2) is 156 Å². The zero-order chi connectivity index (χ0) is 70.7. The molecule has 4 aliphatic heterocycles. The zero-order valence-corrected chi connectivity index (χ0v) is 58.3. The highest BCUT2D eigenvalue weighted by atomic mass is 16.6. The van der Waals surface area contributed by atoms with Gasteiger partial charge in [0.15, 0.2) is 11.2 Å². The fourth-order valence-electron chi connectivity index (χ4n) is 13.1. The summed E-state index contributed by atoms with van der Waals surface area (Å²) in [5.74, 6) is 1.94. The molecule has 0 amide bonds. The van der Waals surface area contributed by atoms with Crippen molar-refractivity contribution in [3.8, 4) is 34.5 Å². The lowest BCUT2D eigenvalue weighted by Gasteiger charge is -2.38. The molecule has 20 nitrogen and oxygen atoms in total. The van der Waals surface area contributed by atoms with Gasteiger partial charge in [-0.2, -0.15) is 0 Å². The lowest BCUT2D eigenvalue weighted by molar-refractivity contribution is -0.157. The van der Waals surface area contributed by atoms with Gasteiger partial charge in [0, 0.05) is 93.8 Å². The summed E-state index contributed by atoms with van der Waals surface area (Å²) in [6, 6.07) is 52.3. The molecule has 102 heavy (non-hydrogen) atoms. The molecular weight excluding hydrogens is 1300 g/mol.